The quantitative estimate of drug-likeness (QED) is 0.640. The second-order valence-corrected chi connectivity index (χ2v) is 4.40. The molecule has 18 heavy (non-hydrogen) atoms. The third-order valence-electron chi connectivity index (χ3n) is 2.62. The molecular weight excluding hydrogens is 256 g/mol. The maximum Gasteiger partial charge on any atom is 0.246 e. The van der Waals surface area contributed by atoms with Crippen molar-refractivity contribution in [2.75, 3.05) is 18.0 Å². The maximum absolute atomic E-state index is 11.4. The van der Waals surface area contributed by atoms with Crippen LogP contribution in [0.5, 0.6) is 0 Å². The zero-order valence-corrected chi connectivity index (χ0v) is 10.7. The number of hydrogen-bond acceptors (Lipinski definition) is 5. The van der Waals surface area contributed by atoms with E-state index in [9.17, 15) is 9.59 Å². The van der Waals surface area contributed by atoms with Gasteiger partial charge in [0.25, 0.3) is 0 Å². The lowest BCUT2D eigenvalue weighted by molar-refractivity contribution is -0.130. The van der Waals surface area contributed by atoms with Crippen molar-refractivity contribution in [3.63, 3.8) is 0 Å². The molecule has 1 aliphatic rings. The molecule has 1 aromatic rings. The Morgan fingerprint density at radius 1 is 1.33 bits per heavy atom. The van der Waals surface area contributed by atoms with E-state index in [4.69, 9.17) is 11.6 Å². The molecule has 0 atom stereocenters. The van der Waals surface area contributed by atoms with E-state index in [2.05, 4.69) is 15.3 Å². The number of anilines is 1. The molecule has 2 rings (SSSR count). The van der Waals surface area contributed by atoms with E-state index in [1.54, 1.807) is 4.90 Å². The lowest BCUT2D eigenvalue weighted by Crippen LogP contribution is -2.52. The fraction of sp³-hybridized carbons (Fsp3) is 0.455. The normalized spacial score (nSPS) is 15.8. The molecular formula is C11H13ClN4O2. The number of piperazine rings is 1. The Morgan fingerprint density at radius 2 is 2.00 bits per heavy atom. The Bertz CT molecular complexity index is 476. The van der Waals surface area contributed by atoms with E-state index < -0.39 is 0 Å². The van der Waals surface area contributed by atoms with Crippen molar-refractivity contribution in [1.29, 1.82) is 0 Å². The van der Waals surface area contributed by atoms with Gasteiger partial charge in [0, 0.05) is 5.56 Å². The van der Waals surface area contributed by atoms with Gasteiger partial charge in [-0.15, -0.1) is 0 Å². The summed E-state index contributed by atoms with van der Waals surface area (Å²) in [5, 5.41) is 2.62. The van der Waals surface area contributed by atoms with E-state index in [0.29, 0.717) is 17.4 Å². The first-order valence-corrected chi connectivity index (χ1v) is 6.06. The molecule has 1 aromatic heterocycles. The predicted octanol–water partition coefficient (Wildman–Crippen LogP) is 0.545. The van der Waals surface area contributed by atoms with Crippen LogP contribution < -0.4 is 10.2 Å². The minimum Gasteiger partial charge on any atom is -0.338 e. The van der Waals surface area contributed by atoms with Crippen LogP contribution in [0.1, 0.15) is 18.9 Å². The SMILES string of the molecule is CCCc1c(Cl)ncnc1N1CC(=O)NC(=O)C1. The number of carbonyl (C=O) groups is 2. The minimum absolute atomic E-state index is 0.107. The zero-order chi connectivity index (χ0) is 13.1. The van der Waals surface area contributed by atoms with Crippen LogP contribution in [0.2, 0.25) is 5.15 Å². The first-order chi connectivity index (χ1) is 8.61. The number of nitrogens with one attached hydrogen (secondary N) is 1. The Labute approximate surface area is 109 Å². The predicted molar refractivity (Wildman–Crippen MR) is 66.4 cm³/mol. The van der Waals surface area contributed by atoms with Gasteiger partial charge < -0.3 is 4.90 Å². The van der Waals surface area contributed by atoms with Crippen molar-refractivity contribution in [1.82, 2.24) is 15.3 Å². The third-order valence-corrected chi connectivity index (χ3v) is 2.94. The Morgan fingerprint density at radius 3 is 2.61 bits per heavy atom. The van der Waals surface area contributed by atoms with Gasteiger partial charge >= 0.3 is 0 Å². The molecule has 1 aliphatic heterocycles. The summed E-state index contributed by atoms with van der Waals surface area (Å²) < 4.78 is 0. The van der Waals surface area contributed by atoms with Crippen LogP contribution >= 0.6 is 11.6 Å². The second-order valence-electron chi connectivity index (χ2n) is 4.04. The van der Waals surface area contributed by atoms with Crippen molar-refractivity contribution < 1.29 is 9.59 Å². The largest absolute Gasteiger partial charge is 0.338 e. The Hall–Kier alpha value is -1.69. The summed E-state index contributed by atoms with van der Waals surface area (Å²) in [6.45, 7) is 2.23. The summed E-state index contributed by atoms with van der Waals surface area (Å²) in [6, 6.07) is 0. The van der Waals surface area contributed by atoms with Crippen LogP contribution in [-0.2, 0) is 16.0 Å². The van der Waals surface area contributed by atoms with Gasteiger partial charge in [0.1, 0.15) is 17.3 Å². The van der Waals surface area contributed by atoms with Crippen molar-refractivity contribution in [2.45, 2.75) is 19.8 Å². The smallest absolute Gasteiger partial charge is 0.246 e. The topological polar surface area (TPSA) is 75.2 Å². The van der Waals surface area contributed by atoms with Crippen LogP contribution in [0.15, 0.2) is 6.33 Å². The standard InChI is InChI=1S/C11H13ClN4O2/c1-2-3-7-10(12)13-6-14-11(7)16-4-8(17)15-9(18)5-16/h6H,2-5H2,1H3,(H,15,17,18). The summed E-state index contributed by atoms with van der Waals surface area (Å²) in [7, 11) is 0. The molecule has 0 aromatic carbocycles. The number of aromatic nitrogens is 2. The van der Waals surface area contributed by atoms with Gasteiger partial charge in [0.15, 0.2) is 0 Å². The van der Waals surface area contributed by atoms with Gasteiger partial charge in [0.05, 0.1) is 13.1 Å². The first kappa shape index (κ1) is 12.8. The fourth-order valence-corrected chi connectivity index (χ4v) is 2.13. The highest BCUT2D eigenvalue weighted by atomic mass is 35.5. The average Bonchev–Trinajstić information content (AvgIpc) is 2.30. The summed E-state index contributed by atoms with van der Waals surface area (Å²) in [5.74, 6) is -0.0908. The molecule has 1 N–H and O–H groups in total. The molecule has 2 heterocycles. The van der Waals surface area contributed by atoms with Gasteiger partial charge in [-0.3, -0.25) is 14.9 Å². The van der Waals surface area contributed by atoms with Crippen molar-refractivity contribution >= 4 is 29.2 Å². The monoisotopic (exact) mass is 268 g/mol. The van der Waals surface area contributed by atoms with Crippen LogP contribution in [0, 0.1) is 0 Å². The molecule has 0 unspecified atom stereocenters. The maximum atomic E-state index is 11.4. The summed E-state index contributed by atoms with van der Waals surface area (Å²) in [4.78, 5) is 32.4. The average molecular weight is 269 g/mol. The lowest BCUT2D eigenvalue weighted by Gasteiger charge is -2.28. The third kappa shape index (κ3) is 2.59. The number of rotatable bonds is 3. The molecule has 1 saturated heterocycles. The van der Waals surface area contributed by atoms with Crippen molar-refractivity contribution in [3.8, 4) is 0 Å². The molecule has 7 heteroatoms. The van der Waals surface area contributed by atoms with E-state index in [1.807, 2.05) is 6.92 Å². The van der Waals surface area contributed by atoms with E-state index in [0.717, 1.165) is 12.0 Å². The van der Waals surface area contributed by atoms with Crippen molar-refractivity contribution in [3.05, 3.63) is 17.0 Å². The van der Waals surface area contributed by atoms with E-state index in [-0.39, 0.29) is 24.9 Å². The number of hydrogen-bond donors (Lipinski definition) is 1. The summed E-state index contributed by atoms with van der Waals surface area (Å²) in [5.41, 5.74) is 0.782. The lowest BCUT2D eigenvalue weighted by atomic mass is 10.1. The first-order valence-electron chi connectivity index (χ1n) is 5.68. The van der Waals surface area contributed by atoms with Gasteiger partial charge in [-0.1, -0.05) is 24.9 Å². The minimum atomic E-state index is -0.330. The Balaban J connectivity index is 2.34. The van der Waals surface area contributed by atoms with E-state index >= 15 is 0 Å². The highest BCUT2D eigenvalue weighted by molar-refractivity contribution is 6.30. The molecule has 96 valence electrons. The van der Waals surface area contributed by atoms with Gasteiger partial charge in [-0.05, 0) is 6.42 Å². The molecule has 1 fully saturated rings. The van der Waals surface area contributed by atoms with Gasteiger partial charge in [-0.2, -0.15) is 0 Å². The molecule has 6 nitrogen and oxygen atoms in total. The van der Waals surface area contributed by atoms with Crippen molar-refractivity contribution in [2.24, 2.45) is 0 Å². The van der Waals surface area contributed by atoms with Crippen LogP contribution in [0.4, 0.5) is 5.82 Å². The fourth-order valence-electron chi connectivity index (χ4n) is 1.91. The number of halogens is 1. The summed E-state index contributed by atoms with van der Waals surface area (Å²) >= 11 is 6.04. The van der Waals surface area contributed by atoms with Crippen LogP contribution in [-0.4, -0.2) is 34.9 Å². The zero-order valence-electron chi connectivity index (χ0n) is 9.94. The molecule has 0 bridgehead atoms. The Kier molecular flexibility index (Phi) is 3.76. The molecule has 0 aliphatic carbocycles. The highest BCUT2D eigenvalue weighted by Crippen LogP contribution is 2.25. The number of imide groups is 1. The molecule has 0 spiro atoms. The van der Waals surface area contributed by atoms with Crippen LogP contribution in [0.3, 0.4) is 0 Å². The number of amides is 2. The van der Waals surface area contributed by atoms with Crippen LogP contribution in [0.25, 0.3) is 0 Å². The number of carbonyl (C=O) groups excluding carboxylic acids is 2. The second kappa shape index (κ2) is 5.30. The molecule has 0 radical (unpaired) electrons. The number of nitrogens with zero attached hydrogens (tertiary/aromatic N) is 3. The van der Waals surface area contributed by atoms with E-state index in [1.165, 1.54) is 6.33 Å². The summed E-state index contributed by atoms with van der Waals surface area (Å²) in [6.07, 6.45) is 2.93. The van der Waals surface area contributed by atoms with Gasteiger partial charge in [-0.25, -0.2) is 9.97 Å². The van der Waals surface area contributed by atoms with Gasteiger partial charge in [0.2, 0.25) is 11.8 Å². The highest BCUT2D eigenvalue weighted by Gasteiger charge is 2.26. The molecule has 0 saturated carbocycles. The molecule has 2 amide bonds.